The van der Waals surface area contributed by atoms with Gasteiger partial charge in [-0.05, 0) is 55.8 Å². The van der Waals surface area contributed by atoms with Gasteiger partial charge in [-0.2, -0.15) is 0 Å². The molecule has 1 aromatic rings. The average Bonchev–Trinajstić information content (AvgIpc) is 2.38. The first-order chi connectivity index (χ1) is 9.18. The summed E-state index contributed by atoms with van der Waals surface area (Å²) >= 11 is 6.19. The second kappa shape index (κ2) is 5.10. The van der Waals surface area contributed by atoms with Crippen LogP contribution in [-0.2, 0) is 5.41 Å². The molecule has 1 aromatic carbocycles. The molecular formula is C17H24ClN. The van der Waals surface area contributed by atoms with E-state index in [1.807, 2.05) is 6.07 Å². The molecule has 3 rings (SSSR count). The zero-order chi connectivity index (χ0) is 13.3. The number of rotatable bonds is 3. The van der Waals surface area contributed by atoms with Crippen molar-refractivity contribution in [2.75, 3.05) is 13.6 Å². The third-order valence-corrected chi connectivity index (χ3v) is 5.53. The van der Waals surface area contributed by atoms with Crippen LogP contribution in [0.15, 0.2) is 24.3 Å². The van der Waals surface area contributed by atoms with Crippen LogP contribution in [0.2, 0.25) is 5.02 Å². The predicted molar refractivity (Wildman–Crippen MR) is 81.8 cm³/mol. The molecule has 2 aliphatic carbocycles. The lowest BCUT2D eigenvalue weighted by Crippen LogP contribution is -2.55. The molecule has 0 aromatic heterocycles. The maximum absolute atomic E-state index is 6.19. The molecule has 19 heavy (non-hydrogen) atoms. The Kier molecular flexibility index (Phi) is 3.61. The fourth-order valence-corrected chi connectivity index (χ4v) is 4.82. The van der Waals surface area contributed by atoms with Crippen molar-refractivity contribution in [3.63, 3.8) is 0 Å². The number of halogens is 1. The normalized spacial score (nSPS) is 24.1. The first-order valence-electron chi connectivity index (χ1n) is 7.59. The molecule has 0 heterocycles. The zero-order valence-electron chi connectivity index (χ0n) is 11.8. The monoisotopic (exact) mass is 277 g/mol. The van der Waals surface area contributed by atoms with Gasteiger partial charge in [0.25, 0.3) is 0 Å². The molecule has 0 aliphatic heterocycles. The van der Waals surface area contributed by atoms with Crippen LogP contribution >= 0.6 is 11.6 Å². The van der Waals surface area contributed by atoms with E-state index in [-0.39, 0.29) is 0 Å². The van der Waals surface area contributed by atoms with Gasteiger partial charge in [0, 0.05) is 17.0 Å². The standard InChI is InChI=1S/C17H24ClN/c1-19-13-17(14-6-5-7-15(18)10-14)11-16(12-17)8-3-2-4-9-16/h5-7,10,19H,2-4,8-9,11-13H2,1H3. The number of hydrogen-bond acceptors (Lipinski definition) is 1. The minimum Gasteiger partial charge on any atom is -0.319 e. The lowest BCUT2D eigenvalue weighted by Gasteiger charge is -2.59. The lowest BCUT2D eigenvalue weighted by atomic mass is 9.46. The molecule has 104 valence electrons. The fourth-order valence-electron chi connectivity index (χ4n) is 4.63. The summed E-state index contributed by atoms with van der Waals surface area (Å²) in [6.45, 7) is 1.08. The van der Waals surface area contributed by atoms with Crippen molar-refractivity contribution in [2.24, 2.45) is 5.41 Å². The van der Waals surface area contributed by atoms with Gasteiger partial charge in [-0.15, -0.1) is 0 Å². The lowest BCUT2D eigenvalue weighted by molar-refractivity contribution is -0.0118. The molecule has 1 spiro atoms. The maximum Gasteiger partial charge on any atom is 0.0408 e. The van der Waals surface area contributed by atoms with E-state index in [2.05, 4.69) is 30.6 Å². The minimum atomic E-state index is 0.330. The van der Waals surface area contributed by atoms with Crippen LogP contribution in [-0.4, -0.2) is 13.6 Å². The van der Waals surface area contributed by atoms with E-state index in [4.69, 9.17) is 11.6 Å². The highest BCUT2D eigenvalue weighted by molar-refractivity contribution is 6.30. The Morgan fingerprint density at radius 1 is 1.16 bits per heavy atom. The van der Waals surface area contributed by atoms with Crippen molar-refractivity contribution < 1.29 is 0 Å². The molecule has 0 saturated heterocycles. The van der Waals surface area contributed by atoms with Crippen LogP contribution in [0.3, 0.4) is 0 Å². The summed E-state index contributed by atoms with van der Waals surface area (Å²) in [7, 11) is 2.07. The molecule has 2 heteroatoms. The molecular weight excluding hydrogens is 254 g/mol. The summed E-state index contributed by atoms with van der Waals surface area (Å²) < 4.78 is 0. The van der Waals surface area contributed by atoms with Crippen molar-refractivity contribution in [1.82, 2.24) is 5.32 Å². The molecule has 1 N–H and O–H groups in total. The van der Waals surface area contributed by atoms with E-state index >= 15 is 0 Å². The van der Waals surface area contributed by atoms with Gasteiger partial charge in [-0.3, -0.25) is 0 Å². The smallest absolute Gasteiger partial charge is 0.0408 e. The molecule has 1 nitrogen and oxygen atoms in total. The topological polar surface area (TPSA) is 12.0 Å². The maximum atomic E-state index is 6.19. The van der Waals surface area contributed by atoms with E-state index in [0.29, 0.717) is 10.8 Å². The van der Waals surface area contributed by atoms with Crippen molar-refractivity contribution in [3.05, 3.63) is 34.9 Å². The summed E-state index contributed by atoms with van der Waals surface area (Å²) in [5.41, 5.74) is 2.42. The van der Waals surface area contributed by atoms with Crippen LogP contribution in [0.5, 0.6) is 0 Å². The third kappa shape index (κ3) is 2.43. The predicted octanol–water partition coefficient (Wildman–Crippen LogP) is 4.54. The molecule has 0 atom stereocenters. The number of nitrogens with one attached hydrogen (secondary N) is 1. The molecule has 2 aliphatic rings. The Balaban J connectivity index is 1.82. The van der Waals surface area contributed by atoms with E-state index in [9.17, 15) is 0 Å². The average molecular weight is 278 g/mol. The van der Waals surface area contributed by atoms with Gasteiger partial charge in [0.05, 0.1) is 0 Å². The zero-order valence-corrected chi connectivity index (χ0v) is 12.6. The second-order valence-corrected chi connectivity index (χ2v) is 7.17. The minimum absolute atomic E-state index is 0.330. The van der Waals surface area contributed by atoms with Gasteiger partial charge in [-0.25, -0.2) is 0 Å². The second-order valence-electron chi connectivity index (χ2n) is 6.74. The highest BCUT2D eigenvalue weighted by Gasteiger charge is 2.54. The summed E-state index contributed by atoms with van der Waals surface area (Å²) in [5, 5.41) is 4.28. The highest BCUT2D eigenvalue weighted by atomic mass is 35.5. The van der Waals surface area contributed by atoms with E-state index in [1.54, 1.807) is 0 Å². The first kappa shape index (κ1) is 13.5. The largest absolute Gasteiger partial charge is 0.319 e. The number of hydrogen-bond donors (Lipinski definition) is 1. The van der Waals surface area contributed by atoms with Crippen LogP contribution in [0.4, 0.5) is 0 Å². The van der Waals surface area contributed by atoms with Gasteiger partial charge < -0.3 is 5.32 Å². The van der Waals surface area contributed by atoms with Gasteiger partial charge >= 0.3 is 0 Å². The van der Waals surface area contributed by atoms with Crippen LogP contribution in [0.25, 0.3) is 0 Å². The molecule has 2 fully saturated rings. The number of likely N-dealkylation sites (N-methyl/N-ethyl adjacent to an activating group) is 1. The molecule has 0 radical (unpaired) electrons. The molecule has 0 amide bonds. The summed E-state index contributed by atoms with van der Waals surface area (Å²) in [4.78, 5) is 0. The summed E-state index contributed by atoms with van der Waals surface area (Å²) in [6.07, 6.45) is 9.90. The van der Waals surface area contributed by atoms with Gasteiger partial charge in [0.2, 0.25) is 0 Å². The van der Waals surface area contributed by atoms with E-state index in [1.165, 1.54) is 50.5 Å². The SMILES string of the molecule is CNCC1(c2cccc(Cl)c2)CC2(CCCCC2)C1. The van der Waals surface area contributed by atoms with Gasteiger partial charge in [0.1, 0.15) is 0 Å². The van der Waals surface area contributed by atoms with Crippen LogP contribution in [0.1, 0.15) is 50.5 Å². The number of benzene rings is 1. The Morgan fingerprint density at radius 3 is 2.53 bits per heavy atom. The summed E-state index contributed by atoms with van der Waals surface area (Å²) in [5.74, 6) is 0. The Morgan fingerprint density at radius 2 is 1.89 bits per heavy atom. The van der Waals surface area contributed by atoms with Gasteiger partial charge in [-0.1, -0.05) is 43.0 Å². The summed E-state index contributed by atoms with van der Waals surface area (Å²) in [6, 6.07) is 8.52. The van der Waals surface area contributed by atoms with Crippen molar-refractivity contribution in [2.45, 2.75) is 50.4 Å². The van der Waals surface area contributed by atoms with Crippen LogP contribution in [0, 0.1) is 5.41 Å². The fraction of sp³-hybridized carbons (Fsp3) is 0.647. The molecule has 0 unspecified atom stereocenters. The van der Waals surface area contributed by atoms with E-state index < -0.39 is 0 Å². The Bertz CT molecular complexity index is 440. The van der Waals surface area contributed by atoms with Crippen molar-refractivity contribution in [1.29, 1.82) is 0 Å². The van der Waals surface area contributed by atoms with Crippen molar-refractivity contribution >= 4 is 11.6 Å². The van der Waals surface area contributed by atoms with Crippen molar-refractivity contribution in [3.8, 4) is 0 Å². The molecule has 0 bridgehead atoms. The Hall–Kier alpha value is -0.530. The highest BCUT2D eigenvalue weighted by Crippen LogP contribution is 2.61. The van der Waals surface area contributed by atoms with Crippen LogP contribution < -0.4 is 5.32 Å². The van der Waals surface area contributed by atoms with E-state index in [0.717, 1.165) is 11.6 Å². The quantitative estimate of drug-likeness (QED) is 0.855. The first-order valence-corrected chi connectivity index (χ1v) is 7.97. The van der Waals surface area contributed by atoms with Gasteiger partial charge in [0.15, 0.2) is 0 Å². The third-order valence-electron chi connectivity index (χ3n) is 5.29. The molecule has 2 saturated carbocycles. The Labute approximate surface area is 121 Å².